The average Bonchev–Trinajstić information content (AvgIpc) is 3.03. The molecule has 0 aromatic heterocycles. The Bertz CT molecular complexity index is 815. The van der Waals surface area contributed by atoms with Crippen LogP contribution in [0.1, 0.15) is 39.9 Å². The zero-order valence-corrected chi connectivity index (χ0v) is 14.0. The van der Waals surface area contributed by atoms with Crippen LogP contribution in [0.3, 0.4) is 0 Å². The van der Waals surface area contributed by atoms with Crippen LogP contribution >= 0.6 is 15.9 Å². The van der Waals surface area contributed by atoms with E-state index in [9.17, 15) is 9.90 Å². The van der Waals surface area contributed by atoms with E-state index in [0.717, 1.165) is 22.1 Å². The average molecular weight is 370 g/mol. The van der Waals surface area contributed by atoms with Gasteiger partial charge in [0.15, 0.2) is 0 Å². The Morgan fingerprint density at radius 3 is 2.87 bits per heavy atom. The predicted octanol–water partition coefficient (Wildman–Crippen LogP) is 4.97. The highest BCUT2D eigenvalue weighted by atomic mass is 79.9. The molecule has 1 aliphatic heterocycles. The van der Waals surface area contributed by atoms with Gasteiger partial charge in [0.25, 0.3) is 0 Å². The number of halogens is 1. The van der Waals surface area contributed by atoms with Crippen LogP contribution in [0.4, 0.5) is 5.69 Å². The molecule has 0 saturated carbocycles. The fraction of sp³-hybridized carbons (Fsp3) is 0.211. The van der Waals surface area contributed by atoms with Crippen molar-refractivity contribution in [1.29, 1.82) is 0 Å². The maximum absolute atomic E-state index is 11.3. The number of carboxylic acids is 1. The van der Waals surface area contributed by atoms with Crippen molar-refractivity contribution in [3.05, 3.63) is 75.8 Å². The third-order valence-corrected chi connectivity index (χ3v) is 5.31. The lowest BCUT2D eigenvalue weighted by molar-refractivity contribution is 0.0696. The van der Waals surface area contributed by atoms with Crippen LogP contribution in [0.25, 0.3) is 0 Å². The fourth-order valence-electron chi connectivity index (χ4n) is 3.76. The molecule has 0 spiro atoms. The third kappa shape index (κ3) is 2.47. The quantitative estimate of drug-likeness (QED) is 0.734. The summed E-state index contributed by atoms with van der Waals surface area (Å²) in [4.78, 5) is 11.3. The van der Waals surface area contributed by atoms with Gasteiger partial charge in [0.1, 0.15) is 0 Å². The van der Waals surface area contributed by atoms with E-state index in [1.807, 2.05) is 18.2 Å². The lowest BCUT2D eigenvalue weighted by Gasteiger charge is -2.37. The first-order valence-electron chi connectivity index (χ1n) is 7.69. The van der Waals surface area contributed by atoms with Crippen molar-refractivity contribution in [2.24, 2.45) is 5.92 Å². The van der Waals surface area contributed by atoms with Crippen molar-refractivity contribution in [3.8, 4) is 0 Å². The van der Waals surface area contributed by atoms with Gasteiger partial charge >= 0.3 is 5.97 Å². The van der Waals surface area contributed by atoms with Crippen LogP contribution in [0.5, 0.6) is 0 Å². The van der Waals surface area contributed by atoms with Gasteiger partial charge in [-0.3, -0.25) is 0 Å². The number of carboxylic acid groups (broad SMARTS) is 1. The Hall–Kier alpha value is -2.07. The van der Waals surface area contributed by atoms with Gasteiger partial charge < -0.3 is 10.4 Å². The Morgan fingerprint density at radius 2 is 2.09 bits per heavy atom. The normalized spacial score (nSPS) is 24.7. The topological polar surface area (TPSA) is 49.3 Å². The van der Waals surface area contributed by atoms with Crippen molar-refractivity contribution >= 4 is 27.6 Å². The summed E-state index contributed by atoms with van der Waals surface area (Å²) in [6, 6.07) is 14.0. The molecule has 116 valence electrons. The van der Waals surface area contributed by atoms with Gasteiger partial charge in [-0.25, -0.2) is 4.79 Å². The molecule has 0 bridgehead atoms. The first kappa shape index (κ1) is 14.5. The molecule has 2 N–H and O–H groups in total. The second-order valence-corrected chi connectivity index (χ2v) is 7.05. The Labute approximate surface area is 143 Å². The van der Waals surface area contributed by atoms with Crippen LogP contribution in [-0.2, 0) is 0 Å². The Morgan fingerprint density at radius 1 is 1.22 bits per heavy atom. The van der Waals surface area contributed by atoms with Gasteiger partial charge in [-0.15, -0.1) is 0 Å². The van der Waals surface area contributed by atoms with E-state index in [1.165, 1.54) is 5.56 Å². The first-order valence-corrected chi connectivity index (χ1v) is 8.48. The fourth-order valence-corrected chi connectivity index (χ4v) is 4.17. The molecular formula is C19H16BrNO2. The van der Waals surface area contributed by atoms with Crippen molar-refractivity contribution in [2.45, 2.75) is 18.4 Å². The van der Waals surface area contributed by atoms with Crippen LogP contribution in [-0.4, -0.2) is 11.1 Å². The van der Waals surface area contributed by atoms with E-state index < -0.39 is 5.97 Å². The zero-order chi connectivity index (χ0) is 16.0. The summed E-state index contributed by atoms with van der Waals surface area (Å²) in [6.45, 7) is 0. The zero-order valence-electron chi connectivity index (χ0n) is 12.4. The molecule has 4 rings (SSSR count). The van der Waals surface area contributed by atoms with Crippen LogP contribution in [0.2, 0.25) is 0 Å². The molecule has 4 heteroatoms. The maximum atomic E-state index is 11.3. The van der Waals surface area contributed by atoms with Gasteiger partial charge in [0, 0.05) is 16.1 Å². The minimum atomic E-state index is -0.875. The number of aromatic carboxylic acids is 1. The second kappa shape index (κ2) is 5.53. The van der Waals surface area contributed by atoms with E-state index >= 15 is 0 Å². The molecule has 2 aliphatic rings. The van der Waals surface area contributed by atoms with E-state index in [-0.39, 0.29) is 12.0 Å². The highest BCUT2D eigenvalue weighted by Crippen LogP contribution is 2.50. The van der Waals surface area contributed by atoms with Crippen molar-refractivity contribution in [3.63, 3.8) is 0 Å². The van der Waals surface area contributed by atoms with Gasteiger partial charge in [0.2, 0.25) is 0 Å². The van der Waals surface area contributed by atoms with Crippen LogP contribution in [0, 0.1) is 5.92 Å². The largest absolute Gasteiger partial charge is 0.478 e. The molecule has 3 unspecified atom stereocenters. The summed E-state index contributed by atoms with van der Waals surface area (Å²) >= 11 is 3.55. The number of fused-ring (bicyclic) bond motifs is 3. The molecular weight excluding hydrogens is 354 g/mol. The molecule has 1 aliphatic carbocycles. The molecule has 0 radical (unpaired) electrons. The highest BCUT2D eigenvalue weighted by Gasteiger charge is 2.38. The number of allylic oxidation sites excluding steroid dienone is 2. The number of hydrogen-bond donors (Lipinski definition) is 2. The number of anilines is 1. The lowest BCUT2D eigenvalue weighted by Crippen LogP contribution is -2.29. The highest BCUT2D eigenvalue weighted by molar-refractivity contribution is 9.10. The van der Waals surface area contributed by atoms with Crippen LogP contribution in [0.15, 0.2) is 59.1 Å². The molecule has 0 amide bonds. The van der Waals surface area contributed by atoms with Crippen molar-refractivity contribution < 1.29 is 9.90 Å². The summed E-state index contributed by atoms with van der Waals surface area (Å²) in [7, 11) is 0. The summed E-state index contributed by atoms with van der Waals surface area (Å²) in [5, 5.41) is 12.9. The lowest BCUT2D eigenvalue weighted by atomic mass is 9.76. The Kier molecular flexibility index (Phi) is 3.49. The molecule has 0 saturated heterocycles. The smallest absolute Gasteiger partial charge is 0.335 e. The van der Waals surface area contributed by atoms with Crippen molar-refractivity contribution in [1.82, 2.24) is 0 Å². The summed E-state index contributed by atoms with van der Waals surface area (Å²) < 4.78 is 1.08. The van der Waals surface area contributed by atoms with E-state index in [0.29, 0.717) is 11.5 Å². The number of rotatable bonds is 2. The van der Waals surface area contributed by atoms with Gasteiger partial charge in [-0.1, -0.05) is 40.2 Å². The third-order valence-electron chi connectivity index (χ3n) is 4.82. The monoisotopic (exact) mass is 369 g/mol. The van der Waals surface area contributed by atoms with E-state index in [1.54, 1.807) is 6.07 Å². The SMILES string of the molecule is O=C(O)c1ccc2c(c1)C1C=CCC1C(c1cccc(Br)c1)N2. The maximum Gasteiger partial charge on any atom is 0.335 e. The molecule has 2 aromatic carbocycles. The molecule has 2 aromatic rings. The Balaban J connectivity index is 1.79. The summed E-state index contributed by atoms with van der Waals surface area (Å²) in [5.41, 5.74) is 3.74. The minimum Gasteiger partial charge on any atom is -0.478 e. The van der Waals surface area contributed by atoms with Gasteiger partial charge in [-0.2, -0.15) is 0 Å². The predicted molar refractivity (Wildman–Crippen MR) is 93.9 cm³/mol. The van der Waals surface area contributed by atoms with E-state index in [4.69, 9.17) is 0 Å². The molecule has 1 heterocycles. The number of benzene rings is 2. The van der Waals surface area contributed by atoms with Gasteiger partial charge in [0.05, 0.1) is 11.6 Å². The molecule has 23 heavy (non-hydrogen) atoms. The van der Waals surface area contributed by atoms with Crippen molar-refractivity contribution in [2.75, 3.05) is 5.32 Å². The summed E-state index contributed by atoms with van der Waals surface area (Å²) in [6.07, 6.45) is 5.44. The van der Waals surface area contributed by atoms with Crippen LogP contribution < -0.4 is 5.32 Å². The summed E-state index contributed by atoms with van der Waals surface area (Å²) in [5.74, 6) is -0.184. The first-order chi connectivity index (χ1) is 11.1. The molecule has 3 nitrogen and oxygen atoms in total. The molecule has 3 atom stereocenters. The number of hydrogen-bond acceptors (Lipinski definition) is 2. The van der Waals surface area contributed by atoms with E-state index in [2.05, 4.69) is 51.6 Å². The second-order valence-electron chi connectivity index (χ2n) is 6.14. The molecule has 0 fully saturated rings. The number of nitrogens with one attached hydrogen (secondary N) is 1. The van der Waals surface area contributed by atoms with Gasteiger partial charge in [-0.05, 0) is 53.8 Å². The minimum absolute atomic E-state index is 0.232. The number of carbonyl (C=O) groups is 1. The standard InChI is InChI=1S/C19H16BrNO2/c20-13-4-1-3-11(9-13)18-15-6-2-5-14(15)16-10-12(19(22)23)7-8-17(16)21-18/h1-5,7-10,14-15,18,21H,6H2,(H,22,23).